The number of likely N-dealkylation sites (tertiary alicyclic amines) is 1. The summed E-state index contributed by atoms with van der Waals surface area (Å²) in [5.74, 6) is 1.03. The molecule has 1 aromatic carbocycles. The molecule has 1 aliphatic carbocycles. The molecule has 1 saturated carbocycles. The Labute approximate surface area is 170 Å². The summed E-state index contributed by atoms with van der Waals surface area (Å²) in [7, 11) is 2.25. The predicted molar refractivity (Wildman–Crippen MR) is 112 cm³/mol. The van der Waals surface area contributed by atoms with E-state index in [0.29, 0.717) is 17.9 Å². The fraction of sp³-hybridized carbons (Fsp3) is 0.708. The summed E-state index contributed by atoms with van der Waals surface area (Å²) in [5.41, 5.74) is 1.36. The van der Waals surface area contributed by atoms with E-state index in [1.54, 1.807) is 0 Å². The Morgan fingerprint density at radius 1 is 1.14 bits per heavy atom. The fourth-order valence-electron chi connectivity index (χ4n) is 5.48. The summed E-state index contributed by atoms with van der Waals surface area (Å²) in [6.45, 7) is 3.59. The summed E-state index contributed by atoms with van der Waals surface area (Å²) < 4.78 is 6.33. The highest BCUT2D eigenvalue weighted by molar-refractivity contribution is 5.76. The third kappa shape index (κ3) is 4.77. The molecule has 4 rings (SSSR count). The van der Waals surface area contributed by atoms with Gasteiger partial charge in [-0.1, -0.05) is 43.2 Å². The van der Waals surface area contributed by atoms with Crippen molar-refractivity contribution in [2.24, 2.45) is 5.92 Å². The molecule has 28 heavy (non-hydrogen) atoms. The summed E-state index contributed by atoms with van der Waals surface area (Å²) in [6, 6.07) is 11.3. The van der Waals surface area contributed by atoms with Crippen LogP contribution >= 0.6 is 0 Å². The Morgan fingerprint density at radius 2 is 1.86 bits per heavy atom. The number of benzene rings is 1. The molecule has 1 atom stereocenters. The Morgan fingerprint density at radius 3 is 2.57 bits per heavy atom. The molecule has 2 heterocycles. The van der Waals surface area contributed by atoms with E-state index in [9.17, 15) is 4.79 Å². The number of ether oxygens (including phenoxy) is 1. The number of hydrogen-bond donors (Lipinski definition) is 0. The van der Waals surface area contributed by atoms with Crippen molar-refractivity contribution in [2.75, 3.05) is 26.7 Å². The number of nitrogens with zero attached hydrogens (tertiary/aromatic N) is 2. The number of hydrogen-bond acceptors (Lipinski definition) is 3. The molecule has 1 amide bonds. The van der Waals surface area contributed by atoms with E-state index in [-0.39, 0.29) is 5.60 Å². The lowest BCUT2D eigenvalue weighted by atomic mass is 9.81. The zero-order valence-corrected chi connectivity index (χ0v) is 17.4. The minimum Gasteiger partial charge on any atom is -0.375 e. The lowest BCUT2D eigenvalue weighted by molar-refractivity contribution is -0.149. The Balaban J connectivity index is 1.28. The molecule has 4 heteroatoms. The second kappa shape index (κ2) is 8.96. The van der Waals surface area contributed by atoms with Crippen molar-refractivity contribution < 1.29 is 9.53 Å². The van der Waals surface area contributed by atoms with Crippen molar-refractivity contribution >= 4 is 5.91 Å². The van der Waals surface area contributed by atoms with Gasteiger partial charge in [-0.2, -0.15) is 0 Å². The smallest absolute Gasteiger partial charge is 0.222 e. The van der Waals surface area contributed by atoms with Gasteiger partial charge in [-0.05, 0) is 57.1 Å². The molecule has 0 N–H and O–H groups in total. The van der Waals surface area contributed by atoms with Crippen LogP contribution in [0.2, 0.25) is 0 Å². The van der Waals surface area contributed by atoms with Gasteiger partial charge in [-0.15, -0.1) is 0 Å². The summed E-state index contributed by atoms with van der Waals surface area (Å²) >= 11 is 0. The highest BCUT2D eigenvalue weighted by Crippen LogP contribution is 2.37. The summed E-state index contributed by atoms with van der Waals surface area (Å²) in [4.78, 5) is 17.3. The normalized spacial score (nSPS) is 25.5. The van der Waals surface area contributed by atoms with Crippen molar-refractivity contribution in [1.29, 1.82) is 0 Å². The predicted octanol–water partition coefficient (Wildman–Crippen LogP) is 4.24. The zero-order valence-electron chi connectivity index (χ0n) is 17.4. The summed E-state index contributed by atoms with van der Waals surface area (Å²) in [6.07, 6.45) is 10.1. The van der Waals surface area contributed by atoms with Crippen LogP contribution < -0.4 is 0 Å². The molecule has 0 aromatic heterocycles. The van der Waals surface area contributed by atoms with E-state index < -0.39 is 0 Å². The Kier molecular flexibility index (Phi) is 6.37. The van der Waals surface area contributed by atoms with E-state index in [2.05, 4.69) is 47.2 Å². The second-order valence-electron chi connectivity index (χ2n) is 9.31. The lowest BCUT2D eigenvalue weighted by Crippen LogP contribution is -2.54. The standard InChI is InChI=1S/C24H36N2O2/c1-25(19-21-9-3-2-4-10-21)22-11-16-28-24(18-22)12-14-26(15-13-24)23(27)17-20-7-5-6-8-20/h2-4,9-10,20,22H,5-8,11-19H2,1H3/t22-/m0/s1. The first-order valence-electron chi connectivity index (χ1n) is 11.3. The number of amides is 1. The van der Waals surface area contributed by atoms with Gasteiger partial charge in [0, 0.05) is 38.7 Å². The monoisotopic (exact) mass is 384 g/mol. The van der Waals surface area contributed by atoms with Crippen LogP contribution in [-0.4, -0.2) is 54.1 Å². The molecule has 3 fully saturated rings. The van der Waals surface area contributed by atoms with Crippen LogP contribution in [0.4, 0.5) is 0 Å². The van der Waals surface area contributed by atoms with Gasteiger partial charge in [-0.3, -0.25) is 9.69 Å². The average Bonchev–Trinajstić information content (AvgIpc) is 3.22. The highest BCUT2D eigenvalue weighted by Gasteiger charge is 2.42. The van der Waals surface area contributed by atoms with Gasteiger partial charge in [0.2, 0.25) is 5.91 Å². The molecule has 3 aliphatic rings. The molecule has 2 saturated heterocycles. The molecular weight excluding hydrogens is 348 g/mol. The van der Waals surface area contributed by atoms with Crippen molar-refractivity contribution in [3.8, 4) is 0 Å². The van der Waals surface area contributed by atoms with Crippen LogP contribution in [0.1, 0.15) is 63.4 Å². The minimum absolute atomic E-state index is 0.0159. The van der Waals surface area contributed by atoms with Crippen molar-refractivity contribution in [3.05, 3.63) is 35.9 Å². The maximum absolute atomic E-state index is 12.7. The molecule has 0 unspecified atom stereocenters. The first kappa shape index (κ1) is 19.9. The van der Waals surface area contributed by atoms with Crippen LogP contribution in [0.15, 0.2) is 30.3 Å². The fourth-order valence-corrected chi connectivity index (χ4v) is 5.48. The van der Waals surface area contributed by atoms with Gasteiger partial charge >= 0.3 is 0 Å². The molecule has 1 aromatic rings. The molecular formula is C24H36N2O2. The van der Waals surface area contributed by atoms with Gasteiger partial charge in [0.05, 0.1) is 5.60 Å². The molecule has 154 valence electrons. The first-order valence-corrected chi connectivity index (χ1v) is 11.3. The largest absolute Gasteiger partial charge is 0.375 e. The number of rotatable bonds is 5. The quantitative estimate of drug-likeness (QED) is 0.761. The van der Waals surface area contributed by atoms with Gasteiger partial charge < -0.3 is 9.64 Å². The highest BCUT2D eigenvalue weighted by atomic mass is 16.5. The SMILES string of the molecule is CN(Cc1ccccc1)[C@H]1CCOC2(CCN(C(=O)CC3CCCC3)CC2)C1. The third-order valence-electron chi connectivity index (χ3n) is 7.33. The van der Waals surface area contributed by atoms with Crippen molar-refractivity contribution in [1.82, 2.24) is 9.80 Å². The number of carbonyl (C=O) groups is 1. The summed E-state index contributed by atoms with van der Waals surface area (Å²) in [5, 5.41) is 0. The first-order chi connectivity index (χ1) is 13.6. The maximum Gasteiger partial charge on any atom is 0.222 e. The van der Waals surface area contributed by atoms with Gasteiger partial charge in [0.15, 0.2) is 0 Å². The zero-order chi connectivity index (χ0) is 19.4. The second-order valence-corrected chi connectivity index (χ2v) is 9.31. The van der Waals surface area contributed by atoms with Crippen LogP contribution in [0.5, 0.6) is 0 Å². The van der Waals surface area contributed by atoms with E-state index in [4.69, 9.17) is 4.74 Å². The van der Waals surface area contributed by atoms with Crippen LogP contribution in [0, 0.1) is 5.92 Å². The van der Waals surface area contributed by atoms with E-state index >= 15 is 0 Å². The van der Waals surface area contributed by atoms with Crippen LogP contribution in [-0.2, 0) is 16.1 Å². The lowest BCUT2D eigenvalue weighted by Gasteiger charge is -2.48. The molecule has 0 radical (unpaired) electrons. The number of carbonyl (C=O) groups excluding carboxylic acids is 1. The van der Waals surface area contributed by atoms with Crippen molar-refractivity contribution in [3.63, 3.8) is 0 Å². The topological polar surface area (TPSA) is 32.8 Å². The third-order valence-corrected chi connectivity index (χ3v) is 7.33. The molecule has 4 nitrogen and oxygen atoms in total. The maximum atomic E-state index is 12.7. The molecule has 2 aliphatic heterocycles. The van der Waals surface area contributed by atoms with E-state index in [0.717, 1.165) is 58.3 Å². The number of piperidine rings is 1. The average molecular weight is 385 g/mol. The minimum atomic E-state index is -0.0159. The van der Waals surface area contributed by atoms with Crippen molar-refractivity contribution in [2.45, 2.75) is 76.0 Å². The van der Waals surface area contributed by atoms with Gasteiger partial charge in [-0.25, -0.2) is 0 Å². The Hall–Kier alpha value is -1.39. The van der Waals surface area contributed by atoms with E-state index in [1.807, 2.05) is 0 Å². The molecule has 1 spiro atoms. The van der Waals surface area contributed by atoms with Crippen LogP contribution in [0.25, 0.3) is 0 Å². The van der Waals surface area contributed by atoms with Crippen LogP contribution in [0.3, 0.4) is 0 Å². The van der Waals surface area contributed by atoms with Gasteiger partial charge in [0.25, 0.3) is 0 Å². The Bertz CT molecular complexity index is 633. The molecule has 0 bridgehead atoms. The van der Waals surface area contributed by atoms with Gasteiger partial charge in [0.1, 0.15) is 0 Å². The van der Waals surface area contributed by atoms with E-state index in [1.165, 1.54) is 31.2 Å².